The molecule has 3 aromatic rings. The number of nitrogens with zero attached hydrogens (tertiary/aromatic N) is 1. The summed E-state index contributed by atoms with van der Waals surface area (Å²) in [6, 6.07) is 13.7. The highest BCUT2D eigenvalue weighted by Gasteiger charge is 2.11. The first-order valence-corrected chi connectivity index (χ1v) is 8.23. The number of nitrogens with one attached hydrogen (secondary N) is 2. The Kier molecular flexibility index (Phi) is 4.62. The summed E-state index contributed by atoms with van der Waals surface area (Å²) in [5, 5.41) is 3.61. The molecule has 1 amide bonds. The van der Waals surface area contributed by atoms with Crippen molar-refractivity contribution in [2.75, 3.05) is 5.75 Å². The lowest BCUT2D eigenvalue weighted by molar-refractivity contribution is -0.119. The summed E-state index contributed by atoms with van der Waals surface area (Å²) in [5.74, 6) is -0.106. The molecule has 1 unspecified atom stereocenters. The van der Waals surface area contributed by atoms with Crippen molar-refractivity contribution in [3.63, 3.8) is 0 Å². The number of carbonyl (C=O) groups excluding carboxylic acids is 1. The Labute approximate surface area is 137 Å². The average Bonchev–Trinajstić information content (AvgIpc) is 2.96. The van der Waals surface area contributed by atoms with Crippen molar-refractivity contribution >= 4 is 28.7 Å². The Balaban J connectivity index is 1.55. The van der Waals surface area contributed by atoms with E-state index in [-0.39, 0.29) is 23.5 Å². The SMILES string of the molecule is CC(NC(=O)CSc1nc2ccccc2[nH]1)c1ccc(F)cc1. The molecule has 0 aliphatic carbocycles. The van der Waals surface area contributed by atoms with Crippen LogP contribution in [0.1, 0.15) is 18.5 Å². The summed E-state index contributed by atoms with van der Waals surface area (Å²) in [5.41, 5.74) is 2.71. The number of halogens is 1. The van der Waals surface area contributed by atoms with Crippen molar-refractivity contribution in [2.24, 2.45) is 0 Å². The van der Waals surface area contributed by atoms with E-state index in [4.69, 9.17) is 0 Å². The summed E-state index contributed by atoms with van der Waals surface area (Å²) in [6.07, 6.45) is 0. The van der Waals surface area contributed by atoms with E-state index in [1.54, 1.807) is 12.1 Å². The first-order chi connectivity index (χ1) is 11.1. The second kappa shape index (κ2) is 6.83. The second-order valence-electron chi connectivity index (χ2n) is 5.19. The minimum absolute atomic E-state index is 0.0905. The summed E-state index contributed by atoms with van der Waals surface area (Å²) in [7, 11) is 0. The van der Waals surface area contributed by atoms with E-state index in [2.05, 4.69) is 15.3 Å². The fourth-order valence-electron chi connectivity index (χ4n) is 2.25. The van der Waals surface area contributed by atoms with Crippen LogP contribution < -0.4 is 5.32 Å². The van der Waals surface area contributed by atoms with Gasteiger partial charge in [0.2, 0.25) is 5.91 Å². The normalized spacial score (nSPS) is 12.3. The van der Waals surface area contributed by atoms with Gasteiger partial charge in [-0.3, -0.25) is 4.79 Å². The highest BCUT2D eigenvalue weighted by atomic mass is 32.2. The lowest BCUT2D eigenvalue weighted by atomic mass is 10.1. The van der Waals surface area contributed by atoms with Crippen LogP contribution in [0.25, 0.3) is 11.0 Å². The largest absolute Gasteiger partial charge is 0.349 e. The molecular formula is C17H16FN3OS. The number of fused-ring (bicyclic) bond motifs is 1. The Hall–Kier alpha value is -2.34. The van der Waals surface area contributed by atoms with Gasteiger partial charge in [0.1, 0.15) is 5.82 Å². The molecule has 1 aromatic heterocycles. The topological polar surface area (TPSA) is 57.8 Å². The molecule has 3 rings (SSSR count). The Bertz CT molecular complexity index is 783. The fourth-order valence-corrected chi connectivity index (χ4v) is 2.95. The van der Waals surface area contributed by atoms with Gasteiger partial charge in [-0.2, -0.15) is 0 Å². The molecule has 2 aromatic carbocycles. The summed E-state index contributed by atoms with van der Waals surface area (Å²) < 4.78 is 12.9. The van der Waals surface area contributed by atoms with E-state index < -0.39 is 0 Å². The molecule has 1 heterocycles. The number of H-pyrrole nitrogens is 1. The van der Waals surface area contributed by atoms with Crippen LogP contribution in [0.3, 0.4) is 0 Å². The van der Waals surface area contributed by atoms with Gasteiger partial charge in [-0.15, -0.1) is 0 Å². The van der Waals surface area contributed by atoms with Gasteiger partial charge in [0.25, 0.3) is 0 Å². The van der Waals surface area contributed by atoms with E-state index in [0.29, 0.717) is 0 Å². The Morgan fingerprint density at radius 1 is 1.26 bits per heavy atom. The van der Waals surface area contributed by atoms with Crippen LogP contribution in [0.15, 0.2) is 53.7 Å². The molecule has 23 heavy (non-hydrogen) atoms. The summed E-state index contributed by atoms with van der Waals surface area (Å²) in [6.45, 7) is 1.87. The molecule has 0 saturated carbocycles. The van der Waals surface area contributed by atoms with Crippen LogP contribution in [0.4, 0.5) is 4.39 Å². The second-order valence-corrected chi connectivity index (χ2v) is 6.15. The molecule has 0 aliphatic heterocycles. The summed E-state index contributed by atoms with van der Waals surface area (Å²) >= 11 is 1.36. The monoisotopic (exact) mass is 329 g/mol. The van der Waals surface area contributed by atoms with Gasteiger partial charge in [-0.1, -0.05) is 36.0 Å². The number of aromatic nitrogens is 2. The van der Waals surface area contributed by atoms with Crippen molar-refractivity contribution in [1.82, 2.24) is 15.3 Å². The quantitative estimate of drug-likeness (QED) is 0.702. The number of para-hydroxylation sites is 2. The van der Waals surface area contributed by atoms with Gasteiger partial charge in [0, 0.05) is 0 Å². The van der Waals surface area contributed by atoms with Gasteiger partial charge in [0.15, 0.2) is 5.16 Å². The van der Waals surface area contributed by atoms with Crippen LogP contribution in [0.2, 0.25) is 0 Å². The number of carbonyl (C=O) groups is 1. The van der Waals surface area contributed by atoms with E-state index >= 15 is 0 Å². The number of aromatic amines is 1. The first-order valence-electron chi connectivity index (χ1n) is 7.24. The van der Waals surface area contributed by atoms with Gasteiger partial charge in [-0.25, -0.2) is 9.37 Å². The molecule has 118 valence electrons. The molecule has 0 fully saturated rings. The van der Waals surface area contributed by atoms with Crippen molar-refractivity contribution in [2.45, 2.75) is 18.1 Å². The van der Waals surface area contributed by atoms with Crippen molar-refractivity contribution in [3.8, 4) is 0 Å². The lowest BCUT2D eigenvalue weighted by Crippen LogP contribution is -2.28. The average molecular weight is 329 g/mol. The minimum Gasteiger partial charge on any atom is -0.349 e. The lowest BCUT2D eigenvalue weighted by Gasteiger charge is -2.13. The van der Waals surface area contributed by atoms with Gasteiger partial charge < -0.3 is 10.3 Å². The Morgan fingerprint density at radius 3 is 2.74 bits per heavy atom. The molecular weight excluding hydrogens is 313 g/mol. The molecule has 2 N–H and O–H groups in total. The number of thioether (sulfide) groups is 1. The van der Waals surface area contributed by atoms with Crippen molar-refractivity contribution < 1.29 is 9.18 Å². The van der Waals surface area contributed by atoms with Crippen LogP contribution in [-0.2, 0) is 4.79 Å². The van der Waals surface area contributed by atoms with Crippen LogP contribution in [0.5, 0.6) is 0 Å². The molecule has 0 saturated heterocycles. The van der Waals surface area contributed by atoms with E-state index in [9.17, 15) is 9.18 Å². The van der Waals surface area contributed by atoms with Crippen LogP contribution in [0, 0.1) is 5.82 Å². The molecule has 6 heteroatoms. The smallest absolute Gasteiger partial charge is 0.230 e. The third-order valence-electron chi connectivity index (χ3n) is 3.46. The zero-order valence-corrected chi connectivity index (χ0v) is 13.4. The number of amides is 1. The number of benzene rings is 2. The zero-order chi connectivity index (χ0) is 16.2. The third-order valence-corrected chi connectivity index (χ3v) is 4.33. The zero-order valence-electron chi connectivity index (χ0n) is 12.5. The maximum Gasteiger partial charge on any atom is 0.230 e. The fraction of sp³-hybridized carbons (Fsp3) is 0.176. The van der Waals surface area contributed by atoms with E-state index in [0.717, 1.165) is 21.8 Å². The molecule has 0 radical (unpaired) electrons. The number of hydrogen-bond acceptors (Lipinski definition) is 3. The number of hydrogen-bond donors (Lipinski definition) is 2. The van der Waals surface area contributed by atoms with Crippen molar-refractivity contribution in [3.05, 3.63) is 59.9 Å². The van der Waals surface area contributed by atoms with Crippen LogP contribution >= 0.6 is 11.8 Å². The minimum atomic E-state index is -0.285. The molecule has 0 aliphatic rings. The number of rotatable bonds is 5. The van der Waals surface area contributed by atoms with Gasteiger partial charge >= 0.3 is 0 Å². The van der Waals surface area contributed by atoms with E-state index in [1.165, 1.54) is 23.9 Å². The Morgan fingerprint density at radius 2 is 2.00 bits per heavy atom. The highest BCUT2D eigenvalue weighted by Crippen LogP contribution is 2.19. The maximum atomic E-state index is 12.9. The van der Waals surface area contributed by atoms with Gasteiger partial charge in [0.05, 0.1) is 22.8 Å². The molecule has 0 spiro atoms. The maximum absolute atomic E-state index is 12.9. The number of imidazole rings is 1. The predicted octanol–water partition coefficient (Wildman–Crippen LogP) is 3.67. The van der Waals surface area contributed by atoms with E-state index in [1.807, 2.05) is 31.2 Å². The van der Waals surface area contributed by atoms with Crippen LogP contribution in [-0.4, -0.2) is 21.6 Å². The first kappa shape index (κ1) is 15.6. The highest BCUT2D eigenvalue weighted by molar-refractivity contribution is 7.99. The molecule has 4 nitrogen and oxygen atoms in total. The molecule has 1 atom stereocenters. The molecule has 0 bridgehead atoms. The standard InChI is InChI=1S/C17H16FN3OS/c1-11(12-6-8-13(18)9-7-12)19-16(22)10-23-17-20-14-4-2-3-5-15(14)21-17/h2-9,11H,10H2,1H3,(H,19,22)(H,20,21). The van der Waals surface area contributed by atoms with Crippen molar-refractivity contribution in [1.29, 1.82) is 0 Å². The third kappa shape index (κ3) is 3.90. The predicted molar refractivity (Wildman–Crippen MR) is 89.8 cm³/mol. The van der Waals surface area contributed by atoms with Gasteiger partial charge in [-0.05, 0) is 36.8 Å². The summed E-state index contributed by atoms with van der Waals surface area (Å²) in [4.78, 5) is 19.6.